The molecule has 2 saturated carbocycles. The number of H-pyrrole nitrogens is 1. The number of nitrogens with zero attached hydrogens (tertiary/aromatic N) is 4. The summed E-state index contributed by atoms with van der Waals surface area (Å²) in [5, 5.41) is 8.15. The van der Waals surface area contributed by atoms with Crippen LogP contribution in [-0.2, 0) is 7.05 Å². The van der Waals surface area contributed by atoms with E-state index in [0.717, 1.165) is 27.0 Å². The minimum absolute atomic E-state index is 0.572. The second-order valence-corrected chi connectivity index (χ2v) is 7.20. The molecule has 0 atom stereocenters. The molecule has 112 valence electrons. The Morgan fingerprint density at radius 3 is 2.68 bits per heavy atom. The van der Waals surface area contributed by atoms with Gasteiger partial charge >= 0.3 is 0 Å². The molecule has 5 nitrogen and oxygen atoms in total. The highest BCUT2D eigenvalue weighted by Crippen LogP contribution is 2.47. The molecule has 0 radical (unpaired) electrons. The Morgan fingerprint density at radius 2 is 1.95 bits per heavy atom. The molecule has 1 N–H and O–H groups in total. The van der Waals surface area contributed by atoms with Gasteiger partial charge in [-0.15, -0.1) is 0 Å². The lowest BCUT2D eigenvalue weighted by atomic mass is 10.1. The summed E-state index contributed by atoms with van der Waals surface area (Å²) in [6.07, 6.45) is 6.82. The number of hydrogen-bond donors (Lipinski definition) is 1. The number of aromatic amines is 1. The topological polar surface area (TPSA) is 59.4 Å². The van der Waals surface area contributed by atoms with Crippen LogP contribution in [0.4, 0.5) is 0 Å². The van der Waals surface area contributed by atoms with Crippen molar-refractivity contribution in [1.82, 2.24) is 24.7 Å². The number of aromatic nitrogens is 5. The summed E-state index contributed by atoms with van der Waals surface area (Å²) in [6.45, 7) is 0. The van der Waals surface area contributed by atoms with E-state index >= 15 is 0 Å². The molecule has 0 spiro atoms. The number of rotatable bonds is 3. The largest absolute Gasteiger partial charge is 0.330 e. The van der Waals surface area contributed by atoms with Crippen LogP contribution in [0, 0.1) is 0 Å². The lowest BCUT2D eigenvalue weighted by Gasteiger charge is -2.09. The molecule has 2 aliphatic carbocycles. The molecule has 3 aromatic heterocycles. The predicted octanol–water partition coefficient (Wildman–Crippen LogP) is 3.88. The molecule has 22 heavy (non-hydrogen) atoms. The lowest BCUT2D eigenvalue weighted by molar-refractivity contribution is 0.828. The van der Waals surface area contributed by atoms with E-state index in [9.17, 15) is 0 Å². The summed E-state index contributed by atoms with van der Waals surface area (Å²) in [5.41, 5.74) is 4.52. The highest BCUT2D eigenvalue weighted by Gasteiger charge is 2.33. The third-order valence-electron chi connectivity index (χ3n) is 4.72. The lowest BCUT2D eigenvalue weighted by Crippen LogP contribution is -2.01. The first-order valence-electron chi connectivity index (χ1n) is 7.79. The number of halogens is 1. The van der Waals surface area contributed by atoms with Gasteiger partial charge in [-0.25, -0.2) is 9.97 Å². The fraction of sp³-hybridized carbons (Fsp3) is 0.438. The highest BCUT2D eigenvalue weighted by molar-refractivity contribution is 9.10. The maximum atomic E-state index is 4.83. The van der Waals surface area contributed by atoms with Crippen LogP contribution < -0.4 is 0 Å². The SMILES string of the molecule is Cn1c(-c2cc3cn[nH]c3nc2C2CC2)nc(Br)c1C1CC1. The predicted molar refractivity (Wildman–Crippen MR) is 87.7 cm³/mol. The Bertz CT molecular complexity index is 885. The van der Waals surface area contributed by atoms with Crippen LogP contribution in [0.3, 0.4) is 0 Å². The Hall–Kier alpha value is -1.69. The smallest absolute Gasteiger partial charge is 0.155 e. The van der Waals surface area contributed by atoms with Crippen molar-refractivity contribution in [3.63, 3.8) is 0 Å². The second-order valence-electron chi connectivity index (χ2n) is 6.45. The van der Waals surface area contributed by atoms with E-state index in [1.807, 2.05) is 6.20 Å². The van der Waals surface area contributed by atoms with E-state index < -0.39 is 0 Å². The Balaban J connectivity index is 1.75. The molecule has 0 aromatic carbocycles. The van der Waals surface area contributed by atoms with E-state index in [2.05, 4.69) is 43.8 Å². The van der Waals surface area contributed by atoms with Crippen molar-refractivity contribution >= 4 is 27.0 Å². The van der Waals surface area contributed by atoms with E-state index in [4.69, 9.17) is 9.97 Å². The summed E-state index contributed by atoms with van der Waals surface area (Å²) in [4.78, 5) is 9.64. The zero-order valence-electron chi connectivity index (χ0n) is 12.3. The Kier molecular flexibility index (Phi) is 2.57. The van der Waals surface area contributed by atoms with Gasteiger partial charge in [-0.2, -0.15) is 5.10 Å². The molecular weight excluding hydrogens is 342 g/mol. The number of hydrogen-bond acceptors (Lipinski definition) is 3. The molecule has 0 aliphatic heterocycles. The first-order valence-corrected chi connectivity index (χ1v) is 8.58. The number of pyridine rings is 1. The van der Waals surface area contributed by atoms with Gasteiger partial charge in [0.05, 0.1) is 17.6 Å². The van der Waals surface area contributed by atoms with Gasteiger partial charge < -0.3 is 4.57 Å². The minimum atomic E-state index is 0.572. The van der Waals surface area contributed by atoms with E-state index in [1.165, 1.54) is 37.1 Å². The second kappa shape index (κ2) is 4.41. The third kappa shape index (κ3) is 1.86. The molecule has 5 rings (SSSR count). The van der Waals surface area contributed by atoms with Crippen molar-refractivity contribution in [2.24, 2.45) is 7.05 Å². The molecular formula is C16H16BrN5. The maximum absolute atomic E-state index is 4.83. The van der Waals surface area contributed by atoms with Crippen molar-refractivity contribution in [1.29, 1.82) is 0 Å². The molecule has 2 aliphatic rings. The van der Waals surface area contributed by atoms with Crippen LogP contribution in [-0.4, -0.2) is 24.7 Å². The van der Waals surface area contributed by atoms with Crippen LogP contribution in [0.25, 0.3) is 22.4 Å². The number of imidazole rings is 1. The quantitative estimate of drug-likeness (QED) is 0.773. The Labute approximate surface area is 136 Å². The average Bonchev–Trinajstić information content (AvgIpc) is 3.42. The molecule has 6 heteroatoms. The van der Waals surface area contributed by atoms with Gasteiger partial charge in [0.15, 0.2) is 5.65 Å². The summed E-state index contributed by atoms with van der Waals surface area (Å²) < 4.78 is 3.23. The first-order chi connectivity index (χ1) is 10.7. The van der Waals surface area contributed by atoms with Crippen LogP contribution in [0.2, 0.25) is 0 Å². The van der Waals surface area contributed by atoms with Crippen molar-refractivity contribution < 1.29 is 0 Å². The van der Waals surface area contributed by atoms with Crippen molar-refractivity contribution in [2.75, 3.05) is 0 Å². The Morgan fingerprint density at radius 1 is 1.18 bits per heavy atom. The molecule has 3 heterocycles. The molecule has 2 fully saturated rings. The zero-order valence-corrected chi connectivity index (χ0v) is 13.9. The summed E-state index contributed by atoms with van der Waals surface area (Å²) in [5.74, 6) is 2.25. The van der Waals surface area contributed by atoms with E-state index in [1.54, 1.807) is 0 Å². The molecule has 3 aromatic rings. The van der Waals surface area contributed by atoms with Crippen LogP contribution >= 0.6 is 15.9 Å². The average molecular weight is 358 g/mol. The van der Waals surface area contributed by atoms with Crippen molar-refractivity contribution in [2.45, 2.75) is 37.5 Å². The van der Waals surface area contributed by atoms with Gasteiger partial charge in [-0.3, -0.25) is 5.10 Å². The third-order valence-corrected chi connectivity index (χ3v) is 5.30. The number of fused-ring (bicyclic) bond motifs is 1. The molecule has 0 saturated heterocycles. The normalized spacial score (nSPS) is 18.3. The summed E-state index contributed by atoms with van der Waals surface area (Å²) in [6, 6.07) is 2.19. The van der Waals surface area contributed by atoms with Gasteiger partial charge in [0, 0.05) is 29.8 Å². The minimum Gasteiger partial charge on any atom is -0.330 e. The maximum Gasteiger partial charge on any atom is 0.155 e. The highest BCUT2D eigenvalue weighted by atomic mass is 79.9. The van der Waals surface area contributed by atoms with Crippen molar-refractivity contribution in [3.8, 4) is 11.4 Å². The monoisotopic (exact) mass is 357 g/mol. The van der Waals surface area contributed by atoms with Crippen LogP contribution in [0.15, 0.2) is 16.9 Å². The number of nitrogens with one attached hydrogen (secondary N) is 1. The fourth-order valence-electron chi connectivity index (χ4n) is 3.26. The summed E-state index contributed by atoms with van der Waals surface area (Å²) >= 11 is 3.65. The standard InChI is InChI=1S/C16H16BrN5/c1-22-13(9-4-5-9)14(17)20-16(22)11-6-10-7-18-21-15(10)19-12(11)8-2-3-8/h6-9H,2-5H2,1H3,(H,18,19,21). The molecule has 0 amide bonds. The summed E-state index contributed by atoms with van der Waals surface area (Å²) in [7, 11) is 2.12. The van der Waals surface area contributed by atoms with Gasteiger partial charge in [0.1, 0.15) is 10.4 Å². The fourth-order valence-corrected chi connectivity index (χ4v) is 4.02. The van der Waals surface area contributed by atoms with Crippen LogP contribution in [0.5, 0.6) is 0 Å². The van der Waals surface area contributed by atoms with Gasteiger partial charge in [0.2, 0.25) is 0 Å². The van der Waals surface area contributed by atoms with Gasteiger partial charge in [-0.05, 0) is 47.7 Å². The zero-order chi connectivity index (χ0) is 14.8. The molecule has 0 bridgehead atoms. The van der Waals surface area contributed by atoms with E-state index in [-0.39, 0.29) is 0 Å². The van der Waals surface area contributed by atoms with E-state index in [0.29, 0.717) is 11.8 Å². The van der Waals surface area contributed by atoms with Crippen molar-refractivity contribution in [3.05, 3.63) is 28.3 Å². The first kappa shape index (κ1) is 12.8. The molecule has 0 unspecified atom stereocenters. The van der Waals surface area contributed by atoms with Crippen LogP contribution in [0.1, 0.15) is 48.9 Å². The van der Waals surface area contributed by atoms with Gasteiger partial charge in [0.25, 0.3) is 0 Å². The van der Waals surface area contributed by atoms with Gasteiger partial charge in [-0.1, -0.05) is 0 Å².